The predicted molar refractivity (Wildman–Crippen MR) is 171 cm³/mol. The number of sulfonamides is 1. The Balaban J connectivity index is 1.36. The first-order valence-corrected chi connectivity index (χ1v) is 16.3. The SMILES string of the molecule is O=C(NCc1ccccc1Cl)[C@@H](c1ccccc1)N(Cc1ccccc1)C(=O)COc1ccc(S(=O)(=O)N2CCOCC2)cc1. The van der Waals surface area contributed by atoms with E-state index >= 15 is 0 Å². The average Bonchev–Trinajstić information content (AvgIpc) is 3.08. The van der Waals surface area contributed by atoms with E-state index in [0.29, 0.717) is 42.6 Å². The van der Waals surface area contributed by atoms with Crippen molar-refractivity contribution in [3.63, 3.8) is 0 Å². The number of halogens is 1. The number of benzene rings is 4. The van der Waals surface area contributed by atoms with Gasteiger partial charge in [-0.05, 0) is 47.0 Å². The molecule has 1 aliphatic heterocycles. The van der Waals surface area contributed by atoms with Crippen LogP contribution in [-0.2, 0) is 37.4 Å². The molecule has 0 unspecified atom stereocenters. The zero-order chi connectivity index (χ0) is 31.6. The molecule has 1 N–H and O–H groups in total. The minimum atomic E-state index is -3.67. The molecule has 9 nitrogen and oxygen atoms in total. The van der Waals surface area contributed by atoms with Gasteiger partial charge in [0.2, 0.25) is 15.9 Å². The van der Waals surface area contributed by atoms with Gasteiger partial charge in [-0.25, -0.2) is 8.42 Å². The summed E-state index contributed by atoms with van der Waals surface area (Å²) in [4.78, 5) is 29.4. The molecular formula is C34H34ClN3O6S. The third kappa shape index (κ3) is 8.29. The molecule has 45 heavy (non-hydrogen) atoms. The zero-order valence-electron chi connectivity index (χ0n) is 24.5. The molecule has 4 aromatic rings. The Morgan fingerprint density at radius 2 is 1.49 bits per heavy atom. The smallest absolute Gasteiger partial charge is 0.261 e. The van der Waals surface area contributed by atoms with Crippen LogP contribution in [0, 0.1) is 0 Å². The fourth-order valence-corrected chi connectivity index (χ4v) is 6.61. The number of carbonyl (C=O) groups is 2. The van der Waals surface area contributed by atoms with Crippen LogP contribution in [0.5, 0.6) is 5.75 Å². The number of nitrogens with zero attached hydrogens (tertiary/aromatic N) is 2. The topological polar surface area (TPSA) is 105 Å². The Labute approximate surface area is 268 Å². The number of morpholine rings is 1. The summed E-state index contributed by atoms with van der Waals surface area (Å²) in [5.74, 6) is -0.475. The summed E-state index contributed by atoms with van der Waals surface area (Å²) in [6.07, 6.45) is 0. The maximum absolute atomic E-state index is 13.9. The van der Waals surface area contributed by atoms with Crippen LogP contribution in [0.1, 0.15) is 22.7 Å². The van der Waals surface area contributed by atoms with Crippen LogP contribution in [-0.4, -0.2) is 62.3 Å². The molecule has 0 saturated carbocycles. The lowest BCUT2D eigenvalue weighted by Gasteiger charge is -2.31. The number of amides is 2. The molecule has 0 aliphatic carbocycles. The number of nitrogens with one attached hydrogen (secondary N) is 1. The van der Waals surface area contributed by atoms with Crippen molar-refractivity contribution in [2.24, 2.45) is 0 Å². The normalized spacial score (nSPS) is 14.3. The molecule has 1 fully saturated rings. The van der Waals surface area contributed by atoms with Crippen LogP contribution < -0.4 is 10.1 Å². The Morgan fingerprint density at radius 3 is 2.16 bits per heavy atom. The second-order valence-electron chi connectivity index (χ2n) is 10.4. The number of rotatable bonds is 12. The van der Waals surface area contributed by atoms with E-state index in [1.807, 2.05) is 66.7 Å². The minimum absolute atomic E-state index is 0.133. The van der Waals surface area contributed by atoms with Crippen LogP contribution in [0.3, 0.4) is 0 Å². The second-order valence-corrected chi connectivity index (χ2v) is 12.8. The lowest BCUT2D eigenvalue weighted by molar-refractivity contribution is -0.143. The highest BCUT2D eigenvalue weighted by atomic mass is 35.5. The van der Waals surface area contributed by atoms with E-state index in [9.17, 15) is 18.0 Å². The van der Waals surface area contributed by atoms with Gasteiger partial charge in [0.15, 0.2) is 6.61 Å². The van der Waals surface area contributed by atoms with E-state index in [1.165, 1.54) is 33.5 Å². The Bertz CT molecular complexity index is 1680. The molecule has 234 valence electrons. The first-order chi connectivity index (χ1) is 21.8. The van der Waals surface area contributed by atoms with Crippen LogP contribution in [0.2, 0.25) is 5.02 Å². The van der Waals surface area contributed by atoms with E-state index in [0.717, 1.165) is 11.1 Å². The summed E-state index contributed by atoms with van der Waals surface area (Å²) < 4.78 is 38.5. The van der Waals surface area contributed by atoms with Crippen molar-refractivity contribution in [3.8, 4) is 5.75 Å². The predicted octanol–water partition coefficient (Wildman–Crippen LogP) is 4.83. The maximum Gasteiger partial charge on any atom is 0.261 e. The van der Waals surface area contributed by atoms with Crippen LogP contribution in [0.25, 0.3) is 0 Å². The highest BCUT2D eigenvalue weighted by Crippen LogP contribution is 2.26. The summed E-state index contributed by atoms with van der Waals surface area (Å²) in [7, 11) is -3.67. The van der Waals surface area contributed by atoms with Crippen LogP contribution in [0.15, 0.2) is 114 Å². The molecule has 0 radical (unpaired) electrons. The first kappa shape index (κ1) is 32.2. The van der Waals surface area contributed by atoms with Crippen molar-refractivity contribution >= 4 is 33.4 Å². The van der Waals surface area contributed by atoms with E-state index in [4.69, 9.17) is 21.1 Å². The summed E-state index contributed by atoms with van der Waals surface area (Å²) in [6, 6.07) is 30.7. The first-order valence-electron chi connectivity index (χ1n) is 14.5. The molecule has 1 atom stereocenters. The van der Waals surface area contributed by atoms with Gasteiger partial charge in [0.25, 0.3) is 5.91 Å². The van der Waals surface area contributed by atoms with Crippen molar-refractivity contribution in [2.75, 3.05) is 32.9 Å². The van der Waals surface area contributed by atoms with Gasteiger partial charge in [0.1, 0.15) is 11.8 Å². The van der Waals surface area contributed by atoms with Gasteiger partial charge in [-0.2, -0.15) is 4.31 Å². The number of hydrogen-bond donors (Lipinski definition) is 1. The van der Waals surface area contributed by atoms with Crippen molar-refractivity contribution in [2.45, 2.75) is 24.0 Å². The van der Waals surface area contributed by atoms with Gasteiger partial charge in [-0.1, -0.05) is 90.5 Å². The van der Waals surface area contributed by atoms with Crippen molar-refractivity contribution in [3.05, 3.63) is 131 Å². The number of ether oxygens (including phenoxy) is 2. The fraction of sp³-hybridized carbons (Fsp3) is 0.235. The van der Waals surface area contributed by atoms with Crippen molar-refractivity contribution in [1.29, 1.82) is 0 Å². The summed E-state index contributed by atoms with van der Waals surface area (Å²) in [5.41, 5.74) is 2.22. The fourth-order valence-electron chi connectivity index (χ4n) is 5.00. The average molecular weight is 648 g/mol. The molecule has 1 heterocycles. The van der Waals surface area contributed by atoms with Crippen LogP contribution in [0.4, 0.5) is 0 Å². The van der Waals surface area contributed by atoms with E-state index in [2.05, 4.69) is 5.32 Å². The van der Waals surface area contributed by atoms with E-state index < -0.39 is 22.0 Å². The third-order valence-corrected chi connectivity index (χ3v) is 9.68. The molecule has 5 rings (SSSR count). The summed E-state index contributed by atoms with van der Waals surface area (Å²) in [5, 5.41) is 3.48. The molecular weight excluding hydrogens is 614 g/mol. The van der Waals surface area contributed by atoms with Gasteiger partial charge in [0.05, 0.1) is 18.1 Å². The quantitative estimate of drug-likeness (QED) is 0.236. The lowest BCUT2D eigenvalue weighted by Crippen LogP contribution is -2.45. The zero-order valence-corrected chi connectivity index (χ0v) is 26.1. The van der Waals surface area contributed by atoms with E-state index in [-0.39, 0.29) is 30.5 Å². The maximum atomic E-state index is 13.9. The van der Waals surface area contributed by atoms with Crippen molar-refractivity contribution < 1.29 is 27.5 Å². The lowest BCUT2D eigenvalue weighted by atomic mass is 10.0. The Hall–Kier alpha value is -4.22. The molecule has 11 heteroatoms. The summed E-state index contributed by atoms with van der Waals surface area (Å²) in [6.45, 7) is 1.25. The van der Waals surface area contributed by atoms with Gasteiger partial charge < -0.3 is 19.7 Å². The minimum Gasteiger partial charge on any atom is -0.484 e. The number of carbonyl (C=O) groups excluding carboxylic acids is 2. The van der Waals surface area contributed by atoms with Gasteiger partial charge >= 0.3 is 0 Å². The van der Waals surface area contributed by atoms with Crippen LogP contribution >= 0.6 is 11.6 Å². The third-order valence-electron chi connectivity index (χ3n) is 7.40. The Morgan fingerprint density at radius 1 is 0.867 bits per heavy atom. The molecule has 4 aromatic carbocycles. The highest BCUT2D eigenvalue weighted by molar-refractivity contribution is 7.89. The molecule has 0 aromatic heterocycles. The largest absolute Gasteiger partial charge is 0.484 e. The highest BCUT2D eigenvalue weighted by Gasteiger charge is 2.32. The van der Waals surface area contributed by atoms with Gasteiger partial charge in [-0.3, -0.25) is 9.59 Å². The molecule has 2 amide bonds. The number of hydrogen-bond acceptors (Lipinski definition) is 6. The molecule has 1 aliphatic rings. The van der Waals surface area contributed by atoms with Gasteiger partial charge in [-0.15, -0.1) is 0 Å². The second kappa shape index (κ2) is 15.2. The monoisotopic (exact) mass is 647 g/mol. The molecule has 1 saturated heterocycles. The summed E-state index contributed by atoms with van der Waals surface area (Å²) >= 11 is 6.33. The standard InChI is InChI=1S/C34H34ClN3O6S/c35-31-14-8-7-13-28(31)23-36-34(40)33(27-11-5-2-6-12-27)38(24-26-9-3-1-4-10-26)32(39)25-44-29-15-17-30(18-16-29)45(41,42)37-19-21-43-22-20-37/h1-18,33H,19-25H2,(H,36,40)/t33-/m1/s1. The van der Waals surface area contributed by atoms with Crippen molar-refractivity contribution in [1.82, 2.24) is 14.5 Å². The Kier molecular flexibility index (Phi) is 10.9. The molecule has 0 spiro atoms. The van der Waals surface area contributed by atoms with E-state index in [1.54, 1.807) is 18.2 Å². The van der Waals surface area contributed by atoms with Gasteiger partial charge in [0, 0.05) is 31.2 Å². The molecule has 0 bridgehead atoms.